The van der Waals surface area contributed by atoms with Crippen LogP contribution < -0.4 is 14.8 Å². The summed E-state index contributed by atoms with van der Waals surface area (Å²) in [5.74, 6) is 1.32. The van der Waals surface area contributed by atoms with E-state index in [9.17, 15) is 4.79 Å². The van der Waals surface area contributed by atoms with Crippen molar-refractivity contribution in [1.29, 1.82) is 0 Å². The predicted molar refractivity (Wildman–Crippen MR) is 97.7 cm³/mol. The van der Waals surface area contributed by atoms with Gasteiger partial charge in [-0.25, -0.2) is 0 Å². The van der Waals surface area contributed by atoms with Gasteiger partial charge in [-0.15, -0.1) is 11.3 Å². The fourth-order valence-corrected chi connectivity index (χ4v) is 3.68. The van der Waals surface area contributed by atoms with Crippen molar-refractivity contribution in [1.82, 2.24) is 5.32 Å². The zero-order chi connectivity index (χ0) is 16.9. The van der Waals surface area contributed by atoms with Gasteiger partial charge in [-0.2, -0.15) is 0 Å². The molecule has 1 amide bonds. The Morgan fingerprint density at radius 2 is 1.83 bits per heavy atom. The number of benzene rings is 2. The van der Waals surface area contributed by atoms with Gasteiger partial charge in [0.15, 0.2) is 0 Å². The summed E-state index contributed by atoms with van der Waals surface area (Å²) in [6, 6.07) is 15.0. The van der Waals surface area contributed by atoms with Crippen LogP contribution in [0.4, 0.5) is 0 Å². The summed E-state index contributed by atoms with van der Waals surface area (Å²) in [4.78, 5) is 12.8. The molecule has 0 spiro atoms. The van der Waals surface area contributed by atoms with Crippen molar-refractivity contribution >= 4 is 38.9 Å². The smallest absolute Gasteiger partial charge is 0.263 e. The van der Waals surface area contributed by atoms with Crippen LogP contribution in [0.5, 0.6) is 11.5 Å². The number of halogens is 1. The molecule has 1 heterocycles. The van der Waals surface area contributed by atoms with Crippen LogP contribution in [-0.4, -0.2) is 26.2 Å². The van der Waals surface area contributed by atoms with E-state index < -0.39 is 0 Å². The zero-order valence-electron chi connectivity index (χ0n) is 13.0. The monoisotopic (exact) mass is 361 g/mol. The minimum atomic E-state index is -0.181. The van der Waals surface area contributed by atoms with Crippen molar-refractivity contribution in [3.05, 3.63) is 58.4 Å². The number of hydrogen-bond donors (Lipinski definition) is 1. The molecule has 6 heteroatoms. The van der Waals surface area contributed by atoms with Crippen molar-refractivity contribution < 1.29 is 14.3 Å². The topological polar surface area (TPSA) is 47.6 Å². The molecule has 1 N–H and O–H groups in total. The average Bonchev–Trinajstić information content (AvgIpc) is 2.96. The highest BCUT2D eigenvalue weighted by molar-refractivity contribution is 7.21. The second-order valence-electron chi connectivity index (χ2n) is 5.02. The SMILES string of the molecule is COc1ccc(OCCNC(=O)c2sc3ccccc3c2Cl)cc1. The number of fused-ring (bicyclic) bond motifs is 1. The molecule has 0 aliphatic rings. The number of amides is 1. The van der Waals surface area contributed by atoms with Crippen molar-refractivity contribution in [3.63, 3.8) is 0 Å². The molecule has 1 aromatic heterocycles. The Hall–Kier alpha value is -2.24. The van der Waals surface area contributed by atoms with E-state index in [1.54, 1.807) is 7.11 Å². The molecule has 0 fully saturated rings. The number of thiophene rings is 1. The molecular formula is C18H16ClNO3S. The van der Waals surface area contributed by atoms with Gasteiger partial charge in [-0.05, 0) is 30.3 Å². The van der Waals surface area contributed by atoms with Gasteiger partial charge in [0.05, 0.1) is 18.7 Å². The van der Waals surface area contributed by atoms with E-state index in [0.717, 1.165) is 21.6 Å². The van der Waals surface area contributed by atoms with Crippen LogP contribution in [0, 0.1) is 0 Å². The van der Waals surface area contributed by atoms with Crippen LogP contribution in [-0.2, 0) is 0 Å². The predicted octanol–water partition coefficient (Wildman–Crippen LogP) is 4.37. The third-order valence-electron chi connectivity index (χ3n) is 3.46. The van der Waals surface area contributed by atoms with Crippen LogP contribution in [0.25, 0.3) is 10.1 Å². The highest BCUT2D eigenvalue weighted by Crippen LogP contribution is 2.34. The van der Waals surface area contributed by atoms with E-state index in [0.29, 0.717) is 23.1 Å². The molecule has 0 atom stereocenters. The fraction of sp³-hybridized carbons (Fsp3) is 0.167. The molecule has 0 saturated carbocycles. The Balaban J connectivity index is 1.54. The van der Waals surface area contributed by atoms with Crippen LogP contribution >= 0.6 is 22.9 Å². The van der Waals surface area contributed by atoms with E-state index >= 15 is 0 Å². The van der Waals surface area contributed by atoms with Gasteiger partial charge in [0.1, 0.15) is 23.0 Å². The molecule has 0 aliphatic heterocycles. The number of methoxy groups -OCH3 is 1. The van der Waals surface area contributed by atoms with Crippen molar-refractivity contribution in [2.75, 3.05) is 20.3 Å². The largest absolute Gasteiger partial charge is 0.497 e. The van der Waals surface area contributed by atoms with Gasteiger partial charge in [-0.1, -0.05) is 29.8 Å². The quantitative estimate of drug-likeness (QED) is 0.663. The van der Waals surface area contributed by atoms with Crippen LogP contribution in [0.1, 0.15) is 9.67 Å². The first-order valence-corrected chi connectivity index (χ1v) is 8.60. The number of nitrogens with one attached hydrogen (secondary N) is 1. The normalized spacial score (nSPS) is 10.6. The second-order valence-corrected chi connectivity index (χ2v) is 6.45. The lowest BCUT2D eigenvalue weighted by Crippen LogP contribution is -2.27. The minimum Gasteiger partial charge on any atom is -0.497 e. The standard InChI is InChI=1S/C18H16ClNO3S/c1-22-12-6-8-13(9-7-12)23-11-10-20-18(21)17-16(19)14-4-2-3-5-15(14)24-17/h2-9H,10-11H2,1H3,(H,20,21). The summed E-state index contributed by atoms with van der Waals surface area (Å²) in [5.41, 5.74) is 0. The van der Waals surface area contributed by atoms with E-state index in [4.69, 9.17) is 21.1 Å². The lowest BCUT2D eigenvalue weighted by atomic mass is 10.2. The van der Waals surface area contributed by atoms with Crippen LogP contribution in [0.2, 0.25) is 5.02 Å². The molecule has 0 unspecified atom stereocenters. The highest BCUT2D eigenvalue weighted by atomic mass is 35.5. The lowest BCUT2D eigenvalue weighted by Gasteiger charge is -2.08. The Kier molecular flexibility index (Phi) is 5.23. The fourth-order valence-electron chi connectivity index (χ4n) is 2.25. The number of rotatable bonds is 6. The molecule has 0 radical (unpaired) electrons. The van der Waals surface area contributed by atoms with Crippen LogP contribution in [0.3, 0.4) is 0 Å². The summed E-state index contributed by atoms with van der Waals surface area (Å²) < 4.78 is 11.7. The summed E-state index contributed by atoms with van der Waals surface area (Å²) in [6.45, 7) is 0.774. The molecular weight excluding hydrogens is 346 g/mol. The van der Waals surface area contributed by atoms with Crippen molar-refractivity contribution in [2.45, 2.75) is 0 Å². The first-order chi connectivity index (χ1) is 11.7. The van der Waals surface area contributed by atoms with Gasteiger partial charge in [0.2, 0.25) is 0 Å². The van der Waals surface area contributed by atoms with Crippen molar-refractivity contribution in [2.24, 2.45) is 0 Å². The molecule has 0 bridgehead atoms. The van der Waals surface area contributed by atoms with E-state index in [1.807, 2.05) is 48.5 Å². The summed E-state index contributed by atoms with van der Waals surface area (Å²) in [6.07, 6.45) is 0. The first-order valence-electron chi connectivity index (χ1n) is 7.41. The maximum atomic E-state index is 12.3. The molecule has 2 aromatic carbocycles. The van der Waals surface area contributed by atoms with Gasteiger partial charge >= 0.3 is 0 Å². The lowest BCUT2D eigenvalue weighted by molar-refractivity contribution is 0.0951. The molecule has 24 heavy (non-hydrogen) atoms. The summed E-state index contributed by atoms with van der Waals surface area (Å²) in [5, 5.41) is 4.24. The summed E-state index contributed by atoms with van der Waals surface area (Å²) >= 11 is 7.69. The molecule has 3 aromatic rings. The van der Waals surface area contributed by atoms with E-state index in [2.05, 4.69) is 5.32 Å². The number of ether oxygens (including phenoxy) is 2. The number of hydrogen-bond acceptors (Lipinski definition) is 4. The van der Waals surface area contributed by atoms with Gasteiger partial charge in [0, 0.05) is 10.1 Å². The molecule has 124 valence electrons. The van der Waals surface area contributed by atoms with E-state index in [1.165, 1.54) is 11.3 Å². The Morgan fingerprint density at radius 3 is 2.54 bits per heavy atom. The van der Waals surface area contributed by atoms with Gasteiger partial charge < -0.3 is 14.8 Å². The number of carbonyl (C=O) groups is 1. The zero-order valence-corrected chi connectivity index (χ0v) is 14.6. The molecule has 3 rings (SSSR count). The molecule has 4 nitrogen and oxygen atoms in total. The van der Waals surface area contributed by atoms with Gasteiger partial charge in [-0.3, -0.25) is 4.79 Å². The molecule has 0 aliphatic carbocycles. The maximum Gasteiger partial charge on any atom is 0.263 e. The second kappa shape index (κ2) is 7.55. The van der Waals surface area contributed by atoms with Gasteiger partial charge in [0.25, 0.3) is 5.91 Å². The highest BCUT2D eigenvalue weighted by Gasteiger charge is 2.16. The van der Waals surface area contributed by atoms with E-state index in [-0.39, 0.29) is 5.91 Å². The third-order valence-corrected chi connectivity index (χ3v) is 5.13. The number of carbonyl (C=O) groups excluding carboxylic acids is 1. The van der Waals surface area contributed by atoms with Crippen molar-refractivity contribution in [3.8, 4) is 11.5 Å². The Labute approximate surface area is 149 Å². The third kappa shape index (κ3) is 3.63. The first kappa shape index (κ1) is 16.6. The van der Waals surface area contributed by atoms with Crippen LogP contribution in [0.15, 0.2) is 48.5 Å². The minimum absolute atomic E-state index is 0.181. The molecule has 0 saturated heterocycles. The Morgan fingerprint density at radius 1 is 1.12 bits per heavy atom. The maximum absolute atomic E-state index is 12.3. The Bertz CT molecular complexity index is 845. The summed E-state index contributed by atoms with van der Waals surface area (Å²) in [7, 11) is 1.62. The average molecular weight is 362 g/mol.